The Labute approximate surface area is 164 Å². The molecule has 2 aromatic carbocycles. The second-order valence-electron chi connectivity index (χ2n) is 6.47. The van der Waals surface area contributed by atoms with Crippen LogP contribution in [-0.2, 0) is 0 Å². The van der Waals surface area contributed by atoms with Crippen molar-refractivity contribution in [1.29, 1.82) is 0 Å². The molecule has 0 fully saturated rings. The predicted molar refractivity (Wildman–Crippen MR) is 102 cm³/mol. The zero-order chi connectivity index (χ0) is 20.2. The van der Waals surface area contributed by atoms with Gasteiger partial charge in [-0.2, -0.15) is 13.2 Å². The van der Waals surface area contributed by atoms with E-state index in [0.717, 1.165) is 15.6 Å². The van der Waals surface area contributed by atoms with Crippen molar-refractivity contribution in [1.82, 2.24) is 0 Å². The SMILES string of the molecule is Cc1cc(OC(CCCC(F)(F)F)c2ccc(C(N)=O)cc2)cc(C)c1Br. The van der Waals surface area contributed by atoms with Crippen LogP contribution in [0.3, 0.4) is 0 Å². The molecule has 1 amide bonds. The van der Waals surface area contributed by atoms with Gasteiger partial charge >= 0.3 is 6.18 Å². The summed E-state index contributed by atoms with van der Waals surface area (Å²) in [5, 5.41) is 0. The number of aryl methyl sites for hydroxylation is 2. The van der Waals surface area contributed by atoms with Gasteiger partial charge < -0.3 is 10.5 Å². The fourth-order valence-electron chi connectivity index (χ4n) is 2.78. The van der Waals surface area contributed by atoms with Crippen molar-refractivity contribution in [3.8, 4) is 5.75 Å². The molecule has 27 heavy (non-hydrogen) atoms. The van der Waals surface area contributed by atoms with Gasteiger partial charge in [0.1, 0.15) is 11.9 Å². The summed E-state index contributed by atoms with van der Waals surface area (Å²) in [6.45, 7) is 3.84. The number of hydrogen-bond donors (Lipinski definition) is 1. The first-order valence-corrected chi connectivity index (χ1v) is 9.26. The number of rotatable bonds is 7. The van der Waals surface area contributed by atoms with Crippen molar-refractivity contribution in [3.05, 3.63) is 63.1 Å². The first kappa shape index (κ1) is 21.3. The fourth-order valence-corrected chi connectivity index (χ4v) is 3.01. The molecule has 2 rings (SSSR count). The van der Waals surface area contributed by atoms with Crippen molar-refractivity contribution in [2.75, 3.05) is 0 Å². The van der Waals surface area contributed by atoms with E-state index in [1.807, 2.05) is 26.0 Å². The molecule has 7 heteroatoms. The molecule has 0 aliphatic rings. The number of ether oxygens (including phenoxy) is 1. The summed E-state index contributed by atoms with van der Waals surface area (Å²) in [7, 11) is 0. The first-order chi connectivity index (χ1) is 12.6. The summed E-state index contributed by atoms with van der Waals surface area (Å²) in [5.41, 5.74) is 8.22. The number of alkyl halides is 3. The van der Waals surface area contributed by atoms with Crippen LogP contribution >= 0.6 is 15.9 Å². The van der Waals surface area contributed by atoms with Gasteiger partial charge in [-0.25, -0.2) is 0 Å². The van der Waals surface area contributed by atoms with Crippen LogP contribution in [0.4, 0.5) is 13.2 Å². The van der Waals surface area contributed by atoms with E-state index in [9.17, 15) is 18.0 Å². The number of amides is 1. The van der Waals surface area contributed by atoms with E-state index in [1.54, 1.807) is 24.3 Å². The van der Waals surface area contributed by atoms with Crippen molar-refractivity contribution in [2.45, 2.75) is 45.4 Å². The highest BCUT2D eigenvalue weighted by Crippen LogP contribution is 2.33. The summed E-state index contributed by atoms with van der Waals surface area (Å²) < 4.78 is 44.6. The van der Waals surface area contributed by atoms with E-state index in [2.05, 4.69) is 15.9 Å². The van der Waals surface area contributed by atoms with Crippen LogP contribution in [0.15, 0.2) is 40.9 Å². The molecule has 1 unspecified atom stereocenters. The van der Waals surface area contributed by atoms with Crippen LogP contribution in [0.2, 0.25) is 0 Å². The number of primary amides is 1. The summed E-state index contributed by atoms with van der Waals surface area (Å²) in [4.78, 5) is 11.2. The van der Waals surface area contributed by atoms with Crippen LogP contribution in [0, 0.1) is 13.8 Å². The quantitative estimate of drug-likeness (QED) is 0.568. The molecule has 0 aliphatic heterocycles. The summed E-state index contributed by atoms with van der Waals surface area (Å²) >= 11 is 3.49. The van der Waals surface area contributed by atoms with Gasteiger partial charge in [0.2, 0.25) is 5.91 Å². The molecular weight excluding hydrogens is 423 g/mol. The molecule has 1 atom stereocenters. The summed E-state index contributed by atoms with van der Waals surface area (Å²) in [5.74, 6) is 0.0273. The Morgan fingerprint density at radius 3 is 2.19 bits per heavy atom. The average molecular weight is 444 g/mol. The van der Waals surface area contributed by atoms with Gasteiger partial charge in [0.15, 0.2) is 0 Å². The molecule has 146 valence electrons. The van der Waals surface area contributed by atoms with Crippen LogP contribution in [0.25, 0.3) is 0 Å². The molecule has 0 saturated carbocycles. The molecule has 0 heterocycles. The third-order valence-electron chi connectivity index (χ3n) is 4.18. The number of benzene rings is 2. The normalized spacial score (nSPS) is 12.7. The molecule has 0 aliphatic carbocycles. The van der Waals surface area contributed by atoms with Gasteiger partial charge in [-0.1, -0.05) is 28.1 Å². The standard InChI is InChI=1S/C20H21BrF3NO2/c1-12-10-16(11-13(2)18(12)21)27-17(4-3-9-20(22,23)24)14-5-7-15(8-6-14)19(25)26/h5-8,10-11,17H,3-4,9H2,1-2H3,(H2,25,26). The molecule has 2 N–H and O–H groups in total. The maximum absolute atomic E-state index is 12.5. The van der Waals surface area contributed by atoms with Crippen molar-refractivity contribution >= 4 is 21.8 Å². The molecule has 0 saturated heterocycles. The number of carbonyl (C=O) groups excluding carboxylic acids is 1. The lowest BCUT2D eigenvalue weighted by Crippen LogP contribution is -2.13. The third kappa shape index (κ3) is 6.27. The highest BCUT2D eigenvalue weighted by molar-refractivity contribution is 9.10. The van der Waals surface area contributed by atoms with Crippen LogP contribution in [0.5, 0.6) is 5.75 Å². The Kier molecular flexibility index (Phi) is 6.92. The topological polar surface area (TPSA) is 52.3 Å². The summed E-state index contributed by atoms with van der Waals surface area (Å²) in [6.07, 6.45) is -5.49. The lowest BCUT2D eigenvalue weighted by molar-refractivity contribution is -0.136. The van der Waals surface area contributed by atoms with E-state index in [-0.39, 0.29) is 12.8 Å². The van der Waals surface area contributed by atoms with Gasteiger partial charge in [-0.3, -0.25) is 4.79 Å². The zero-order valence-electron chi connectivity index (χ0n) is 15.1. The van der Waals surface area contributed by atoms with Gasteiger partial charge in [0.05, 0.1) is 0 Å². The molecular formula is C20H21BrF3NO2. The minimum absolute atomic E-state index is 0.0553. The predicted octanol–water partition coefficient (Wildman–Crippen LogP) is 6.02. The highest BCUT2D eigenvalue weighted by Gasteiger charge is 2.27. The van der Waals surface area contributed by atoms with Crippen LogP contribution < -0.4 is 10.5 Å². The summed E-state index contributed by atoms with van der Waals surface area (Å²) in [6, 6.07) is 10.1. The van der Waals surface area contributed by atoms with Crippen molar-refractivity contribution in [2.24, 2.45) is 5.73 Å². The molecule has 0 spiro atoms. The lowest BCUT2D eigenvalue weighted by atomic mass is 10.0. The van der Waals surface area contributed by atoms with Crippen LogP contribution in [-0.4, -0.2) is 12.1 Å². The fraction of sp³-hybridized carbons (Fsp3) is 0.350. The maximum atomic E-state index is 12.5. The minimum Gasteiger partial charge on any atom is -0.486 e. The average Bonchev–Trinajstić information content (AvgIpc) is 2.57. The number of halogens is 4. The molecule has 0 radical (unpaired) electrons. The minimum atomic E-state index is -4.20. The lowest BCUT2D eigenvalue weighted by Gasteiger charge is -2.21. The highest BCUT2D eigenvalue weighted by atomic mass is 79.9. The number of hydrogen-bond acceptors (Lipinski definition) is 2. The van der Waals surface area contributed by atoms with E-state index in [4.69, 9.17) is 10.5 Å². The third-order valence-corrected chi connectivity index (χ3v) is 5.43. The Balaban J connectivity index is 2.24. The molecule has 0 bridgehead atoms. The molecule has 3 nitrogen and oxygen atoms in total. The number of nitrogens with two attached hydrogens (primary N) is 1. The Morgan fingerprint density at radius 2 is 1.70 bits per heavy atom. The van der Waals surface area contributed by atoms with Crippen LogP contribution in [0.1, 0.15) is 52.4 Å². The van der Waals surface area contributed by atoms with Crippen molar-refractivity contribution < 1.29 is 22.7 Å². The van der Waals surface area contributed by atoms with Gasteiger partial charge in [0.25, 0.3) is 0 Å². The van der Waals surface area contributed by atoms with E-state index < -0.39 is 24.6 Å². The smallest absolute Gasteiger partial charge is 0.389 e. The largest absolute Gasteiger partial charge is 0.486 e. The Morgan fingerprint density at radius 1 is 1.15 bits per heavy atom. The van der Waals surface area contributed by atoms with E-state index in [0.29, 0.717) is 16.9 Å². The second kappa shape index (κ2) is 8.78. The van der Waals surface area contributed by atoms with Crippen molar-refractivity contribution in [3.63, 3.8) is 0 Å². The Bertz CT molecular complexity index is 781. The first-order valence-electron chi connectivity index (χ1n) is 8.47. The molecule has 0 aromatic heterocycles. The number of carbonyl (C=O) groups is 1. The Hall–Kier alpha value is -2.02. The maximum Gasteiger partial charge on any atom is 0.389 e. The van der Waals surface area contributed by atoms with Gasteiger partial charge in [-0.15, -0.1) is 0 Å². The molecule has 2 aromatic rings. The van der Waals surface area contributed by atoms with E-state index >= 15 is 0 Å². The zero-order valence-corrected chi connectivity index (χ0v) is 16.7. The van der Waals surface area contributed by atoms with Gasteiger partial charge in [-0.05, 0) is 67.6 Å². The van der Waals surface area contributed by atoms with E-state index in [1.165, 1.54) is 0 Å². The van der Waals surface area contributed by atoms with Gasteiger partial charge in [0, 0.05) is 16.5 Å². The monoisotopic (exact) mass is 443 g/mol. The second-order valence-corrected chi connectivity index (χ2v) is 7.26.